The van der Waals surface area contributed by atoms with Crippen LogP contribution in [-0.2, 0) is 11.3 Å². The number of anilines is 1. The van der Waals surface area contributed by atoms with Gasteiger partial charge >= 0.3 is 0 Å². The van der Waals surface area contributed by atoms with Crippen molar-refractivity contribution in [2.24, 2.45) is 0 Å². The molecule has 0 unspecified atom stereocenters. The SMILES string of the molecule is c1ccc(-n2cc(Cn3nccc3N[C@H]3CCCOC3)cn2)cc1. The Kier molecular flexibility index (Phi) is 4.29. The molecule has 3 aromatic rings. The first-order valence-electron chi connectivity index (χ1n) is 8.33. The molecule has 24 heavy (non-hydrogen) atoms. The van der Waals surface area contributed by atoms with Crippen molar-refractivity contribution in [2.45, 2.75) is 25.4 Å². The Morgan fingerprint density at radius 1 is 1.17 bits per heavy atom. The minimum Gasteiger partial charge on any atom is -0.379 e. The summed E-state index contributed by atoms with van der Waals surface area (Å²) in [5.41, 5.74) is 2.17. The van der Waals surface area contributed by atoms with Crippen molar-refractivity contribution in [2.75, 3.05) is 18.5 Å². The Labute approximate surface area is 141 Å². The Morgan fingerprint density at radius 3 is 2.92 bits per heavy atom. The standard InChI is InChI=1S/C18H21N5O/c1-2-6-17(7-3-1)22-12-15(11-20-22)13-23-18(8-9-19-23)21-16-5-4-10-24-14-16/h1-3,6-9,11-12,16,21H,4-5,10,13-14H2/t16-/m0/s1. The Morgan fingerprint density at radius 2 is 2.08 bits per heavy atom. The third-order valence-electron chi connectivity index (χ3n) is 4.22. The highest BCUT2D eigenvalue weighted by Crippen LogP contribution is 2.16. The van der Waals surface area contributed by atoms with Crippen LogP contribution in [0, 0.1) is 0 Å². The van der Waals surface area contributed by atoms with Gasteiger partial charge in [-0.3, -0.25) is 0 Å². The molecule has 4 rings (SSSR count). The van der Waals surface area contributed by atoms with E-state index >= 15 is 0 Å². The molecule has 2 aromatic heterocycles. The summed E-state index contributed by atoms with van der Waals surface area (Å²) in [5, 5.41) is 12.4. The van der Waals surface area contributed by atoms with Gasteiger partial charge in [0.05, 0.1) is 37.3 Å². The number of ether oxygens (including phenoxy) is 1. The van der Waals surface area contributed by atoms with Crippen molar-refractivity contribution in [3.8, 4) is 5.69 Å². The van der Waals surface area contributed by atoms with E-state index in [4.69, 9.17) is 4.74 Å². The highest BCUT2D eigenvalue weighted by atomic mass is 16.5. The lowest BCUT2D eigenvalue weighted by Gasteiger charge is -2.24. The lowest BCUT2D eigenvalue weighted by molar-refractivity contribution is 0.0874. The van der Waals surface area contributed by atoms with Gasteiger partial charge in [-0.2, -0.15) is 10.2 Å². The molecule has 6 heteroatoms. The van der Waals surface area contributed by atoms with Crippen LogP contribution < -0.4 is 5.32 Å². The molecule has 3 heterocycles. The second-order valence-corrected chi connectivity index (χ2v) is 6.06. The monoisotopic (exact) mass is 323 g/mol. The van der Waals surface area contributed by atoms with Crippen molar-refractivity contribution >= 4 is 5.82 Å². The van der Waals surface area contributed by atoms with Gasteiger partial charge < -0.3 is 10.1 Å². The summed E-state index contributed by atoms with van der Waals surface area (Å²) in [5.74, 6) is 1.03. The van der Waals surface area contributed by atoms with Gasteiger partial charge in [0.15, 0.2) is 0 Å². The molecule has 0 radical (unpaired) electrons. The molecule has 1 aliphatic heterocycles. The van der Waals surface area contributed by atoms with Crippen molar-refractivity contribution in [1.82, 2.24) is 19.6 Å². The lowest BCUT2D eigenvalue weighted by atomic mass is 10.1. The van der Waals surface area contributed by atoms with E-state index in [0.717, 1.165) is 43.1 Å². The van der Waals surface area contributed by atoms with Crippen LogP contribution in [0.4, 0.5) is 5.82 Å². The van der Waals surface area contributed by atoms with Crippen molar-refractivity contribution in [3.63, 3.8) is 0 Å². The second kappa shape index (κ2) is 6.88. The molecule has 6 nitrogen and oxygen atoms in total. The first-order chi connectivity index (χ1) is 11.9. The summed E-state index contributed by atoms with van der Waals surface area (Å²) in [4.78, 5) is 0. The average molecular weight is 323 g/mol. The maximum atomic E-state index is 5.54. The number of para-hydroxylation sites is 1. The molecule has 1 atom stereocenters. The maximum Gasteiger partial charge on any atom is 0.124 e. The van der Waals surface area contributed by atoms with E-state index in [-0.39, 0.29) is 0 Å². The molecule has 1 aromatic carbocycles. The molecule has 1 aliphatic rings. The highest BCUT2D eigenvalue weighted by molar-refractivity contribution is 5.36. The van der Waals surface area contributed by atoms with Crippen LogP contribution in [0.1, 0.15) is 18.4 Å². The predicted octanol–water partition coefficient (Wildman–Crippen LogP) is 2.71. The minimum absolute atomic E-state index is 0.362. The summed E-state index contributed by atoms with van der Waals surface area (Å²) in [6, 6.07) is 12.5. The summed E-state index contributed by atoms with van der Waals surface area (Å²) in [7, 11) is 0. The van der Waals surface area contributed by atoms with E-state index in [1.54, 1.807) is 0 Å². The van der Waals surface area contributed by atoms with Crippen LogP contribution in [0.25, 0.3) is 5.69 Å². The molecule has 1 N–H and O–H groups in total. The fourth-order valence-electron chi connectivity index (χ4n) is 2.98. The van der Waals surface area contributed by atoms with Crippen molar-refractivity contribution < 1.29 is 4.74 Å². The van der Waals surface area contributed by atoms with Gasteiger partial charge in [0.1, 0.15) is 5.82 Å². The Bertz CT molecular complexity index is 774. The molecule has 124 valence electrons. The molecule has 0 bridgehead atoms. The third-order valence-corrected chi connectivity index (χ3v) is 4.22. The molecule has 0 amide bonds. The van der Waals surface area contributed by atoms with Crippen LogP contribution in [0.2, 0.25) is 0 Å². The number of rotatable bonds is 5. The second-order valence-electron chi connectivity index (χ2n) is 6.06. The normalized spacial score (nSPS) is 17.8. The van der Waals surface area contributed by atoms with Gasteiger partial charge in [0.25, 0.3) is 0 Å². The quantitative estimate of drug-likeness (QED) is 0.784. The van der Waals surface area contributed by atoms with Gasteiger partial charge in [-0.15, -0.1) is 0 Å². The van der Waals surface area contributed by atoms with Crippen molar-refractivity contribution in [1.29, 1.82) is 0 Å². The predicted molar refractivity (Wildman–Crippen MR) is 92.4 cm³/mol. The van der Waals surface area contributed by atoms with Gasteiger partial charge in [-0.05, 0) is 25.0 Å². The number of hydrogen-bond donors (Lipinski definition) is 1. The molecule has 1 fully saturated rings. The minimum atomic E-state index is 0.362. The lowest BCUT2D eigenvalue weighted by Crippen LogP contribution is -2.31. The first kappa shape index (κ1) is 15.0. The van der Waals surface area contributed by atoms with Gasteiger partial charge in [0, 0.05) is 24.4 Å². The van der Waals surface area contributed by atoms with Crippen LogP contribution in [0.3, 0.4) is 0 Å². The van der Waals surface area contributed by atoms with Gasteiger partial charge in [-0.1, -0.05) is 18.2 Å². The van der Waals surface area contributed by atoms with E-state index < -0.39 is 0 Å². The van der Waals surface area contributed by atoms with Gasteiger partial charge in [0.2, 0.25) is 0 Å². The summed E-state index contributed by atoms with van der Waals surface area (Å²) in [6.07, 6.45) is 8.01. The van der Waals surface area contributed by atoms with E-state index in [1.807, 2.05) is 64.4 Å². The van der Waals surface area contributed by atoms with Gasteiger partial charge in [-0.25, -0.2) is 9.36 Å². The van der Waals surface area contributed by atoms with Crippen LogP contribution in [-0.4, -0.2) is 38.8 Å². The van der Waals surface area contributed by atoms with Crippen LogP contribution in [0.5, 0.6) is 0 Å². The zero-order chi connectivity index (χ0) is 16.2. The zero-order valence-corrected chi connectivity index (χ0v) is 13.5. The fraction of sp³-hybridized carbons (Fsp3) is 0.333. The number of benzene rings is 1. The molecule has 1 saturated heterocycles. The average Bonchev–Trinajstić information content (AvgIpc) is 3.27. The number of nitrogens with one attached hydrogen (secondary N) is 1. The zero-order valence-electron chi connectivity index (χ0n) is 13.5. The number of hydrogen-bond acceptors (Lipinski definition) is 4. The summed E-state index contributed by atoms with van der Waals surface area (Å²) >= 11 is 0. The number of aromatic nitrogens is 4. The summed E-state index contributed by atoms with van der Waals surface area (Å²) < 4.78 is 9.40. The molecular weight excluding hydrogens is 302 g/mol. The van der Waals surface area contributed by atoms with Crippen LogP contribution >= 0.6 is 0 Å². The van der Waals surface area contributed by atoms with Crippen LogP contribution in [0.15, 0.2) is 55.0 Å². The summed E-state index contributed by atoms with van der Waals surface area (Å²) in [6.45, 7) is 2.32. The maximum absolute atomic E-state index is 5.54. The molecular formula is C18H21N5O. The largest absolute Gasteiger partial charge is 0.379 e. The first-order valence-corrected chi connectivity index (χ1v) is 8.33. The van der Waals surface area contributed by atoms with E-state index in [1.165, 1.54) is 0 Å². The molecule has 0 spiro atoms. The van der Waals surface area contributed by atoms with E-state index in [9.17, 15) is 0 Å². The molecule has 0 aliphatic carbocycles. The molecule has 0 saturated carbocycles. The smallest absolute Gasteiger partial charge is 0.124 e. The van der Waals surface area contributed by atoms with E-state index in [0.29, 0.717) is 12.6 Å². The Hall–Kier alpha value is -2.60. The van der Waals surface area contributed by atoms with Crippen molar-refractivity contribution in [3.05, 3.63) is 60.6 Å². The Balaban J connectivity index is 1.46. The third kappa shape index (κ3) is 3.33. The highest BCUT2D eigenvalue weighted by Gasteiger charge is 2.15. The fourth-order valence-corrected chi connectivity index (χ4v) is 2.98. The topological polar surface area (TPSA) is 56.9 Å². The van der Waals surface area contributed by atoms with E-state index in [2.05, 4.69) is 15.5 Å². The number of nitrogens with zero attached hydrogens (tertiary/aromatic N) is 4.